The Hall–Kier alpha value is -3.20. The largest absolute Gasteiger partial charge is 0.478 e. The Kier molecular flexibility index (Phi) is 6.83. The van der Waals surface area contributed by atoms with Gasteiger partial charge in [0.15, 0.2) is 26.9 Å². The molecule has 2 heterocycles. The number of benzene rings is 3. The summed E-state index contributed by atoms with van der Waals surface area (Å²) in [5.74, 6) is -1.81. The number of hydrogen-bond donors (Lipinski definition) is 0. The number of carbonyl (C=O) groups is 1. The molecule has 2 atom stereocenters. The average molecular weight is 542 g/mol. The molecule has 0 saturated heterocycles. The highest BCUT2D eigenvalue weighted by Crippen LogP contribution is 2.36. The lowest BCUT2D eigenvalue weighted by molar-refractivity contribution is 0.0954. The zero-order valence-corrected chi connectivity index (χ0v) is 21.2. The van der Waals surface area contributed by atoms with E-state index in [1.54, 1.807) is 72.8 Å². The number of ketones is 1. The number of halogens is 2. The third kappa shape index (κ3) is 4.89. The Bertz CT molecular complexity index is 1440. The second-order valence-electron chi connectivity index (χ2n) is 8.34. The van der Waals surface area contributed by atoms with Crippen LogP contribution in [0.15, 0.2) is 89.0 Å². The molecule has 10 heteroatoms. The van der Waals surface area contributed by atoms with E-state index < -0.39 is 26.9 Å². The Morgan fingerprint density at radius 3 is 2.19 bits per heavy atom. The van der Waals surface area contributed by atoms with Crippen molar-refractivity contribution in [3.05, 3.63) is 100 Å². The van der Waals surface area contributed by atoms with E-state index in [0.717, 1.165) is 0 Å². The van der Waals surface area contributed by atoms with Gasteiger partial charge in [-0.05, 0) is 54.1 Å². The lowest BCUT2D eigenvalue weighted by Crippen LogP contribution is -2.46. The number of nitrogens with zero attached hydrogens (tertiary/aromatic N) is 3. The molecule has 0 amide bonds. The molecule has 5 rings (SSSR count). The monoisotopic (exact) mass is 541 g/mol. The van der Waals surface area contributed by atoms with Crippen LogP contribution in [0.3, 0.4) is 0 Å². The smallest absolute Gasteiger partial charge is 0.199 e. The molecule has 0 radical (unpaired) electrons. The molecule has 0 bridgehead atoms. The first-order valence-corrected chi connectivity index (χ1v) is 13.7. The summed E-state index contributed by atoms with van der Waals surface area (Å²) in [5, 5.41) is 5.80. The van der Waals surface area contributed by atoms with E-state index in [1.807, 2.05) is 6.07 Å². The van der Waals surface area contributed by atoms with E-state index in [2.05, 4.69) is 4.99 Å². The summed E-state index contributed by atoms with van der Waals surface area (Å²) in [4.78, 5) is 18.1. The van der Waals surface area contributed by atoms with Gasteiger partial charge >= 0.3 is 0 Å². The van der Waals surface area contributed by atoms with Crippen LogP contribution in [0.5, 0.6) is 0 Å². The third-order valence-corrected chi connectivity index (χ3v) is 8.31. The Labute approximate surface area is 218 Å². The maximum Gasteiger partial charge on any atom is 0.199 e. The molecule has 36 heavy (non-hydrogen) atoms. The zero-order chi connectivity index (χ0) is 25.3. The van der Waals surface area contributed by atoms with Crippen LogP contribution in [0, 0.1) is 5.92 Å². The predicted molar refractivity (Wildman–Crippen MR) is 142 cm³/mol. The fourth-order valence-corrected chi connectivity index (χ4v) is 6.37. The lowest BCUT2D eigenvalue weighted by Gasteiger charge is -2.27. The number of sulfone groups is 1. The number of hydrazone groups is 1. The van der Waals surface area contributed by atoms with E-state index in [4.69, 9.17) is 33.0 Å². The van der Waals surface area contributed by atoms with Crippen LogP contribution in [0.25, 0.3) is 0 Å². The number of anilines is 1. The van der Waals surface area contributed by atoms with Crippen molar-refractivity contribution in [3.63, 3.8) is 0 Å². The van der Waals surface area contributed by atoms with Crippen molar-refractivity contribution >= 4 is 56.1 Å². The van der Waals surface area contributed by atoms with Gasteiger partial charge in [0.2, 0.25) is 0 Å². The van der Waals surface area contributed by atoms with E-state index in [9.17, 15) is 13.2 Å². The molecule has 0 fully saturated rings. The first-order chi connectivity index (χ1) is 17.3. The molecule has 3 aromatic carbocycles. The molecule has 3 aromatic rings. The van der Waals surface area contributed by atoms with Gasteiger partial charge in [0.25, 0.3) is 0 Å². The summed E-state index contributed by atoms with van der Waals surface area (Å²) < 4.78 is 33.3. The van der Waals surface area contributed by atoms with Gasteiger partial charge in [-0.25, -0.2) is 13.4 Å². The predicted octanol–water partition coefficient (Wildman–Crippen LogP) is 4.89. The summed E-state index contributed by atoms with van der Waals surface area (Å²) in [6, 6.07) is 22.1. The molecule has 0 aromatic heterocycles. The van der Waals surface area contributed by atoms with Gasteiger partial charge in [-0.2, -0.15) is 5.10 Å². The Balaban J connectivity index is 1.67. The molecule has 0 aliphatic carbocycles. The first kappa shape index (κ1) is 24.5. The normalized spacial score (nSPS) is 19.6. The van der Waals surface area contributed by atoms with E-state index >= 15 is 0 Å². The highest BCUT2D eigenvalue weighted by Gasteiger charge is 2.50. The number of hydrogen-bond acceptors (Lipinski definition) is 7. The zero-order valence-electron chi connectivity index (χ0n) is 18.9. The minimum atomic E-state index is -4.02. The van der Waals surface area contributed by atoms with Crippen LogP contribution in [0.1, 0.15) is 15.9 Å². The number of rotatable bonds is 7. The van der Waals surface area contributed by atoms with Crippen molar-refractivity contribution in [3.8, 4) is 0 Å². The number of Topliss-reactive ketones (excluding diaryl/α,β-unsaturated/α-hetero) is 1. The molecule has 2 unspecified atom stereocenters. The minimum absolute atomic E-state index is 0.139. The van der Waals surface area contributed by atoms with E-state index in [-0.39, 0.29) is 11.7 Å². The van der Waals surface area contributed by atoms with Gasteiger partial charge in [-0.15, -0.1) is 0 Å². The summed E-state index contributed by atoms with van der Waals surface area (Å²) in [6.07, 6.45) is 0. The summed E-state index contributed by atoms with van der Waals surface area (Å²) >= 11 is 12.1. The van der Waals surface area contributed by atoms with Crippen molar-refractivity contribution in [1.29, 1.82) is 0 Å². The van der Waals surface area contributed by atoms with Crippen LogP contribution < -0.4 is 5.01 Å². The second kappa shape index (κ2) is 10.0. The van der Waals surface area contributed by atoms with Crippen molar-refractivity contribution in [2.45, 2.75) is 5.37 Å². The first-order valence-electron chi connectivity index (χ1n) is 11.2. The SMILES string of the molecule is O=C(c1ccc(Cl)cc1)C1C(c2ccc(Cl)cc2)=NN(c2ccccc2)C1S(=O)(=O)CC1=NCCO1. The highest BCUT2D eigenvalue weighted by atomic mass is 35.5. The van der Waals surface area contributed by atoms with Gasteiger partial charge in [0.1, 0.15) is 18.3 Å². The van der Waals surface area contributed by atoms with Crippen LogP contribution >= 0.6 is 23.2 Å². The number of aliphatic imine (C=N–C) groups is 1. The molecular formula is C26H21Cl2N3O4S. The lowest BCUT2D eigenvalue weighted by atomic mass is 9.89. The molecule has 2 aliphatic rings. The van der Waals surface area contributed by atoms with Crippen LogP contribution in [0.2, 0.25) is 10.0 Å². The molecule has 2 aliphatic heterocycles. The van der Waals surface area contributed by atoms with Gasteiger partial charge < -0.3 is 4.74 Å². The highest BCUT2D eigenvalue weighted by molar-refractivity contribution is 7.92. The Morgan fingerprint density at radius 1 is 0.944 bits per heavy atom. The van der Waals surface area contributed by atoms with Crippen molar-refractivity contribution in [1.82, 2.24) is 0 Å². The molecule has 184 valence electrons. The number of ether oxygens (including phenoxy) is 1. The van der Waals surface area contributed by atoms with Crippen molar-refractivity contribution < 1.29 is 17.9 Å². The maximum atomic E-state index is 14.0. The molecule has 0 N–H and O–H groups in total. The van der Waals surface area contributed by atoms with Gasteiger partial charge in [0, 0.05) is 15.6 Å². The maximum absolute atomic E-state index is 14.0. The summed E-state index contributed by atoms with van der Waals surface area (Å²) in [5.41, 5.74) is 1.80. The van der Waals surface area contributed by atoms with Crippen LogP contribution in [-0.4, -0.2) is 50.1 Å². The fourth-order valence-electron chi connectivity index (χ4n) is 4.29. The van der Waals surface area contributed by atoms with Gasteiger partial charge in [0.05, 0.1) is 17.9 Å². The minimum Gasteiger partial charge on any atom is -0.478 e. The average Bonchev–Trinajstić information content (AvgIpc) is 3.53. The van der Waals surface area contributed by atoms with Gasteiger partial charge in [-0.3, -0.25) is 9.79 Å². The van der Waals surface area contributed by atoms with Crippen molar-refractivity contribution in [2.75, 3.05) is 23.9 Å². The number of para-hydroxylation sites is 1. The topological polar surface area (TPSA) is 88.4 Å². The summed E-state index contributed by atoms with van der Waals surface area (Å²) in [7, 11) is -4.02. The Morgan fingerprint density at radius 2 is 1.58 bits per heavy atom. The van der Waals surface area contributed by atoms with E-state index in [0.29, 0.717) is 45.7 Å². The third-order valence-electron chi connectivity index (χ3n) is 5.95. The van der Waals surface area contributed by atoms with Crippen molar-refractivity contribution in [2.24, 2.45) is 16.0 Å². The molecule has 7 nitrogen and oxygen atoms in total. The van der Waals surface area contributed by atoms with E-state index in [1.165, 1.54) is 5.01 Å². The second-order valence-corrected chi connectivity index (χ2v) is 11.3. The molecular weight excluding hydrogens is 521 g/mol. The quantitative estimate of drug-likeness (QED) is 0.397. The summed E-state index contributed by atoms with van der Waals surface area (Å²) in [6.45, 7) is 0.731. The van der Waals surface area contributed by atoms with Gasteiger partial charge in [-0.1, -0.05) is 53.5 Å². The van der Waals surface area contributed by atoms with Crippen LogP contribution in [0.4, 0.5) is 5.69 Å². The fraction of sp³-hybridized carbons (Fsp3) is 0.192. The molecule has 0 saturated carbocycles. The van der Waals surface area contributed by atoms with Crippen LogP contribution in [-0.2, 0) is 14.6 Å². The molecule has 0 spiro atoms. The number of carbonyl (C=O) groups excluding carboxylic acids is 1. The standard InChI is InChI=1S/C26H21Cl2N3O4S/c27-19-10-6-17(7-11-19)24-23(25(32)18-8-12-20(28)13-9-18)26(31(30-24)21-4-2-1-3-5-21)36(33,34)16-22-29-14-15-35-22/h1-13,23,26H,14-16H2.